The molecule has 0 saturated carbocycles. The fraction of sp³-hybridized carbons (Fsp3) is 0.467. The van der Waals surface area contributed by atoms with Gasteiger partial charge in [-0.2, -0.15) is 0 Å². The van der Waals surface area contributed by atoms with Gasteiger partial charge in [0.25, 0.3) is 5.91 Å². The van der Waals surface area contributed by atoms with E-state index in [-0.39, 0.29) is 11.9 Å². The van der Waals surface area contributed by atoms with Crippen molar-refractivity contribution in [1.82, 2.24) is 14.7 Å². The highest BCUT2D eigenvalue weighted by molar-refractivity contribution is 5.95. The molecule has 3 amide bonds. The summed E-state index contributed by atoms with van der Waals surface area (Å²) in [4.78, 5) is 29.4. The maximum atomic E-state index is 12.4. The third-order valence-electron chi connectivity index (χ3n) is 3.74. The molecule has 1 aliphatic heterocycles. The second-order valence-electron chi connectivity index (χ2n) is 5.53. The molecule has 1 saturated heterocycles. The first-order valence-electron chi connectivity index (χ1n) is 7.02. The van der Waals surface area contributed by atoms with E-state index in [4.69, 9.17) is 5.73 Å². The quantitative estimate of drug-likeness (QED) is 0.785. The molecule has 0 radical (unpaired) electrons. The number of urea groups is 1. The highest BCUT2D eigenvalue weighted by atomic mass is 16.2. The Bertz CT molecular complexity index is 549. The summed E-state index contributed by atoms with van der Waals surface area (Å²) in [5.41, 5.74) is 8.01. The number of nitrogens with zero attached hydrogens (tertiary/aromatic N) is 3. The number of amides is 3. The predicted octanol–water partition coefficient (Wildman–Crippen LogP) is 1.02. The summed E-state index contributed by atoms with van der Waals surface area (Å²) in [7, 11) is 3.47. The minimum atomic E-state index is -0.00886. The van der Waals surface area contributed by atoms with Crippen LogP contribution < -0.4 is 5.73 Å². The topological polar surface area (TPSA) is 69.9 Å². The molecule has 1 aliphatic rings. The fourth-order valence-electron chi connectivity index (χ4n) is 2.37. The summed E-state index contributed by atoms with van der Waals surface area (Å²) in [6.45, 7) is 4.14. The number of nitrogen functional groups attached to an aromatic ring is 1. The highest BCUT2D eigenvalue weighted by Gasteiger charge is 2.25. The summed E-state index contributed by atoms with van der Waals surface area (Å²) >= 11 is 0. The number of nitrogens with two attached hydrogens (primary N) is 1. The van der Waals surface area contributed by atoms with E-state index < -0.39 is 0 Å². The molecule has 1 aromatic rings. The lowest BCUT2D eigenvalue weighted by Crippen LogP contribution is -2.52. The van der Waals surface area contributed by atoms with Crippen LogP contribution in [0.3, 0.4) is 0 Å². The van der Waals surface area contributed by atoms with E-state index in [1.807, 2.05) is 13.0 Å². The summed E-state index contributed by atoms with van der Waals surface area (Å²) in [5.74, 6) is -0.00458. The van der Waals surface area contributed by atoms with Crippen LogP contribution in [-0.4, -0.2) is 66.9 Å². The molecule has 0 aliphatic carbocycles. The molecule has 0 spiro atoms. The van der Waals surface area contributed by atoms with Gasteiger partial charge in [-0.3, -0.25) is 4.79 Å². The van der Waals surface area contributed by atoms with Crippen molar-refractivity contribution in [2.45, 2.75) is 6.92 Å². The van der Waals surface area contributed by atoms with Crippen LogP contribution in [0, 0.1) is 6.92 Å². The highest BCUT2D eigenvalue weighted by Crippen LogP contribution is 2.15. The molecule has 6 heteroatoms. The summed E-state index contributed by atoms with van der Waals surface area (Å²) < 4.78 is 0. The van der Waals surface area contributed by atoms with Crippen molar-refractivity contribution in [2.24, 2.45) is 0 Å². The van der Waals surface area contributed by atoms with Crippen molar-refractivity contribution in [3.8, 4) is 0 Å². The molecule has 0 unspecified atom stereocenters. The SMILES string of the molecule is Cc1cc(C(=O)N2CCN(C(=O)N(C)C)CC2)ccc1N. The molecule has 1 fully saturated rings. The van der Waals surface area contributed by atoms with Gasteiger partial charge in [0.15, 0.2) is 0 Å². The first-order valence-corrected chi connectivity index (χ1v) is 7.02. The number of carbonyl (C=O) groups is 2. The van der Waals surface area contributed by atoms with E-state index in [2.05, 4.69) is 0 Å². The van der Waals surface area contributed by atoms with Crippen molar-refractivity contribution in [1.29, 1.82) is 0 Å². The van der Waals surface area contributed by atoms with Crippen molar-refractivity contribution in [3.05, 3.63) is 29.3 Å². The molecular weight excluding hydrogens is 268 g/mol. The standard InChI is InChI=1S/C15H22N4O2/c1-11-10-12(4-5-13(11)16)14(20)18-6-8-19(9-7-18)15(21)17(2)3/h4-5,10H,6-9,16H2,1-3H3. The van der Waals surface area contributed by atoms with Crippen LogP contribution in [-0.2, 0) is 0 Å². The second kappa shape index (κ2) is 6.03. The van der Waals surface area contributed by atoms with Gasteiger partial charge < -0.3 is 20.4 Å². The van der Waals surface area contributed by atoms with Crippen LogP contribution in [0.4, 0.5) is 10.5 Å². The van der Waals surface area contributed by atoms with Gasteiger partial charge in [0.1, 0.15) is 0 Å². The van der Waals surface area contributed by atoms with Crippen molar-refractivity contribution < 1.29 is 9.59 Å². The van der Waals surface area contributed by atoms with Gasteiger partial charge in [-0.25, -0.2) is 4.79 Å². The molecule has 2 rings (SSSR count). The average molecular weight is 290 g/mol. The first-order chi connectivity index (χ1) is 9.90. The van der Waals surface area contributed by atoms with Gasteiger partial charge in [-0.15, -0.1) is 0 Å². The zero-order chi connectivity index (χ0) is 15.6. The zero-order valence-electron chi connectivity index (χ0n) is 12.8. The Morgan fingerprint density at radius 3 is 2.19 bits per heavy atom. The fourth-order valence-corrected chi connectivity index (χ4v) is 2.37. The van der Waals surface area contributed by atoms with Crippen LogP contribution in [0.5, 0.6) is 0 Å². The molecule has 21 heavy (non-hydrogen) atoms. The lowest BCUT2D eigenvalue weighted by Gasteiger charge is -2.36. The number of hydrogen-bond donors (Lipinski definition) is 1. The number of hydrogen-bond acceptors (Lipinski definition) is 3. The number of aryl methyl sites for hydroxylation is 1. The van der Waals surface area contributed by atoms with Crippen LogP contribution in [0.2, 0.25) is 0 Å². The minimum Gasteiger partial charge on any atom is -0.399 e. The lowest BCUT2D eigenvalue weighted by molar-refractivity contribution is 0.0650. The Morgan fingerprint density at radius 2 is 1.67 bits per heavy atom. The molecule has 1 heterocycles. The summed E-state index contributed by atoms with van der Waals surface area (Å²) in [5, 5.41) is 0. The zero-order valence-corrected chi connectivity index (χ0v) is 12.8. The van der Waals surface area contributed by atoms with Crippen LogP contribution >= 0.6 is 0 Å². The Morgan fingerprint density at radius 1 is 1.10 bits per heavy atom. The van der Waals surface area contributed by atoms with Gasteiger partial charge in [-0.05, 0) is 30.7 Å². The summed E-state index contributed by atoms with van der Waals surface area (Å²) in [6, 6.07) is 5.32. The van der Waals surface area contributed by atoms with Crippen molar-refractivity contribution in [3.63, 3.8) is 0 Å². The van der Waals surface area contributed by atoms with Gasteiger partial charge >= 0.3 is 6.03 Å². The molecule has 0 aromatic heterocycles. The van der Waals surface area contributed by atoms with Gasteiger partial charge in [-0.1, -0.05) is 0 Å². The van der Waals surface area contributed by atoms with E-state index in [0.29, 0.717) is 37.4 Å². The van der Waals surface area contributed by atoms with E-state index in [9.17, 15) is 9.59 Å². The summed E-state index contributed by atoms with van der Waals surface area (Å²) in [6.07, 6.45) is 0. The predicted molar refractivity (Wildman–Crippen MR) is 82.2 cm³/mol. The third kappa shape index (κ3) is 3.26. The number of benzene rings is 1. The Hall–Kier alpha value is -2.24. The number of anilines is 1. The molecular formula is C15H22N4O2. The molecule has 1 aromatic carbocycles. The average Bonchev–Trinajstić information content (AvgIpc) is 2.48. The maximum absolute atomic E-state index is 12.4. The van der Waals surface area contributed by atoms with Gasteiger partial charge in [0.2, 0.25) is 0 Å². The smallest absolute Gasteiger partial charge is 0.319 e. The molecule has 0 bridgehead atoms. The Balaban J connectivity index is 2.00. The van der Waals surface area contributed by atoms with Gasteiger partial charge in [0.05, 0.1) is 0 Å². The molecule has 6 nitrogen and oxygen atoms in total. The number of rotatable bonds is 1. The number of piperazine rings is 1. The van der Waals surface area contributed by atoms with E-state index in [1.54, 1.807) is 40.9 Å². The van der Waals surface area contributed by atoms with E-state index in [1.165, 1.54) is 0 Å². The maximum Gasteiger partial charge on any atom is 0.319 e. The molecule has 114 valence electrons. The van der Waals surface area contributed by atoms with E-state index in [0.717, 1.165) is 5.56 Å². The third-order valence-corrected chi connectivity index (χ3v) is 3.74. The largest absolute Gasteiger partial charge is 0.399 e. The first kappa shape index (κ1) is 15.2. The normalized spacial score (nSPS) is 15.0. The van der Waals surface area contributed by atoms with E-state index >= 15 is 0 Å². The second-order valence-corrected chi connectivity index (χ2v) is 5.53. The van der Waals surface area contributed by atoms with Crippen LogP contribution in [0.1, 0.15) is 15.9 Å². The monoisotopic (exact) mass is 290 g/mol. The Labute approximate surface area is 125 Å². The minimum absolute atomic E-state index is 0.00458. The molecule has 2 N–H and O–H groups in total. The van der Waals surface area contributed by atoms with Gasteiger partial charge in [0, 0.05) is 51.5 Å². The molecule has 0 atom stereocenters. The number of carbonyl (C=O) groups excluding carboxylic acids is 2. The Kier molecular flexibility index (Phi) is 4.35. The van der Waals surface area contributed by atoms with Crippen LogP contribution in [0.25, 0.3) is 0 Å². The van der Waals surface area contributed by atoms with Crippen molar-refractivity contribution >= 4 is 17.6 Å². The lowest BCUT2D eigenvalue weighted by atomic mass is 10.1. The van der Waals surface area contributed by atoms with Crippen LogP contribution in [0.15, 0.2) is 18.2 Å². The van der Waals surface area contributed by atoms with Crippen molar-refractivity contribution in [2.75, 3.05) is 46.0 Å².